The van der Waals surface area contributed by atoms with E-state index >= 15 is 0 Å². The van der Waals surface area contributed by atoms with Crippen LogP contribution in [-0.4, -0.2) is 72.7 Å². The molecule has 0 aliphatic carbocycles. The van der Waals surface area contributed by atoms with E-state index in [0.717, 1.165) is 49.3 Å². The van der Waals surface area contributed by atoms with E-state index in [9.17, 15) is 9.59 Å². The summed E-state index contributed by atoms with van der Waals surface area (Å²) in [7, 11) is 1.61. The zero-order valence-corrected chi connectivity index (χ0v) is 23.5. The van der Waals surface area contributed by atoms with Gasteiger partial charge in [0.25, 0.3) is 0 Å². The molecule has 38 heavy (non-hydrogen) atoms. The largest absolute Gasteiger partial charge is 0.493 e. The van der Waals surface area contributed by atoms with Gasteiger partial charge in [0.1, 0.15) is 0 Å². The van der Waals surface area contributed by atoms with Crippen LogP contribution in [0.1, 0.15) is 44.7 Å². The number of hydrazone groups is 1. The maximum absolute atomic E-state index is 12.6. The monoisotopic (exact) mass is 542 g/mol. The highest BCUT2D eigenvalue weighted by Gasteiger charge is 2.23. The number of benzene rings is 2. The number of carbonyl (C=O) groups is 2. The zero-order chi connectivity index (χ0) is 27.3. The number of nitrogens with one attached hydrogen (secondary N) is 1. The lowest BCUT2D eigenvalue weighted by Gasteiger charge is -2.23. The van der Waals surface area contributed by atoms with Crippen molar-refractivity contribution in [1.82, 2.24) is 9.91 Å². The minimum atomic E-state index is -0.476. The maximum Gasteiger partial charge on any atom is 0.411 e. The van der Waals surface area contributed by atoms with Crippen molar-refractivity contribution in [3.63, 3.8) is 0 Å². The smallest absolute Gasteiger partial charge is 0.411 e. The van der Waals surface area contributed by atoms with Gasteiger partial charge in [0.05, 0.1) is 32.6 Å². The fraction of sp³-hybridized carbons (Fsp3) is 0.464. The van der Waals surface area contributed by atoms with E-state index in [0.29, 0.717) is 42.7 Å². The number of ether oxygens (including phenoxy) is 3. The first-order chi connectivity index (χ1) is 18.5. The van der Waals surface area contributed by atoms with Crippen LogP contribution in [0.4, 0.5) is 15.3 Å². The van der Waals surface area contributed by atoms with Crippen molar-refractivity contribution >= 4 is 34.5 Å². The summed E-state index contributed by atoms with van der Waals surface area (Å²) < 4.78 is 16.5. The standard InChI is InChI=1S/C28H38N4O5S/c1-5-16-36-26-18-22(11-14-25(26)35-4)24-20-38-28(34)32(30-24)19-21-9-12-23(13-10-21)29-27(33)37-17-8-15-31(6-2)7-3/h9-14,18H,5-8,15-17,19-20H2,1-4H3,(H,29,33). The summed E-state index contributed by atoms with van der Waals surface area (Å²) in [5.41, 5.74) is 3.20. The molecular formula is C28H38N4O5S. The van der Waals surface area contributed by atoms with Crippen LogP contribution >= 0.6 is 11.8 Å². The minimum Gasteiger partial charge on any atom is -0.493 e. The van der Waals surface area contributed by atoms with Crippen LogP contribution in [0, 0.1) is 0 Å². The molecule has 9 nitrogen and oxygen atoms in total. The van der Waals surface area contributed by atoms with Crippen molar-refractivity contribution in [3.05, 3.63) is 53.6 Å². The molecule has 2 aromatic carbocycles. The number of thioether (sulfide) groups is 1. The summed E-state index contributed by atoms with van der Waals surface area (Å²) in [5, 5.41) is 8.73. The molecule has 0 aromatic heterocycles. The Morgan fingerprint density at radius 2 is 1.84 bits per heavy atom. The second kappa shape index (κ2) is 15.2. The first kappa shape index (κ1) is 29.3. The molecular weight excluding hydrogens is 504 g/mol. The molecule has 0 radical (unpaired) electrons. The van der Waals surface area contributed by atoms with E-state index in [1.807, 2.05) is 37.3 Å². The minimum absolute atomic E-state index is 0.111. The van der Waals surface area contributed by atoms with Crippen LogP contribution in [0.3, 0.4) is 0 Å². The molecule has 0 saturated carbocycles. The molecule has 206 valence electrons. The van der Waals surface area contributed by atoms with Crippen molar-refractivity contribution < 1.29 is 23.8 Å². The van der Waals surface area contributed by atoms with Gasteiger partial charge in [-0.25, -0.2) is 9.80 Å². The first-order valence-electron chi connectivity index (χ1n) is 13.0. The van der Waals surface area contributed by atoms with Crippen LogP contribution in [0.5, 0.6) is 11.5 Å². The molecule has 0 bridgehead atoms. The Balaban J connectivity index is 1.58. The van der Waals surface area contributed by atoms with Gasteiger partial charge >= 0.3 is 11.3 Å². The second-order valence-corrected chi connectivity index (χ2v) is 9.64. The average molecular weight is 543 g/mol. The van der Waals surface area contributed by atoms with E-state index in [4.69, 9.17) is 14.2 Å². The third kappa shape index (κ3) is 8.66. The number of amides is 2. The quantitative estimate of drug-likeness (QED) is 0.300. The van der Waals surface area contributed by atoms with Crippen LogP contribution in [0.25, 0.3) is 0 Å². The number of nitrogens with zero attached hydrogens (tertiary/aromatic N) is 3. The van der Waals surface area contributed by atoms with Crippen molar-refractivity contribution in [2.24, 2.45) is 5.10 Å². The van der Waals surface area contributed by atoms with E-state index in [2.05, 4.69) is 29.2 Å². The Kier molecular flexibility index (Phi) is 11.8. The highest BCUT2D eigenvalue weighted by Crippen LogP contribution is 2.30. The second-order valence-electron chi connectivity index (χ2n) is 8.71. The van der Waals surface area contributed by atoms with E-state index in [1.165, 1.54) is 16.8 Å². The van der Waals surface area contributed by atoms with Crippen LogP contribution in [0.15, 0.2) is 47.6 Å². The van der Waals surface area contributed by atoms with Gasteiger partial charge < -0.3 is 19.1 Å². The fourth-order valence-corrected chi connectivity index (χ4v) is 4.59. The number of methoxy groups -OCH3 is 1. The summed E-state index contributed by atoms with van der Waals surface area (Å²) in [6.07, 6.45) is 1.21. The fourth-order valence-electron chi connectivity index (χ4n) is 3.86. The Bertz CT molecular complexity index is 1090. The molecule has 0 unspecified atom stereocenters. The van der Waals surface area contributed by atoms with Crippen molar-refractivity contribution in [2.75, 3.05) is 51.0 Å². The number of hydrogen-bond donors (Lipinski definition) is 1. The van der Waals surface area contributed by atoms with Crippen molar-refractivity contribution in [2.45, 2.75) is 40.2 Å². The molecule has 0 fully saturated rings. The predicted molar refractivity (Wildman–Crippen MR) is 153 cm³/mol. The van der Waals surface area contributed by atoms with Gasteiger partial charge in [0.2, 0.25) is 0 Å². The Morgan fingerprint density at radius 3 is 2.53 bits per heavy atom. The Labute approximate surface area is 229 Å². The molecule has 10 heteroatoms. The molecule has 2 amide bonds. The maximum atomic E-state index is 12.6. The van der Waals surface area contributed by atoms with Gasteiger partial charge in [0.15, 0.2) is 11.5 Å². The third-order valence-corrected chi connectivity index (χ3v) is 6.90. The van der Waals surface area contributed by atoms with Crippen molar-refractivity contribution in [1.29, 1.82) is 0 Å². The summed E-state index contributed by atoms with van der Waals surface area (Å²) in [6, 6.07) is 13.0. The van der Waals surface area contributed by atoms with Gasteiger partial charge in [0, 0.05) is 23.5 Å². The van der Waals surface area contributed by atoms with E-state index < -0.39 is 6.09 Å². The lowest BCUT2D eigenvalue weighted by atomic mass is 10.1. The van der Waals surface area contributed by atoms with E-state index in [1.54, 1.807) is 19.2 Å². The van der Waals surface area contributed by atoms with E-state index in [-0.39, 0.29) is 5.24 Å². The average Bonchev–Trinajstić information content (AvgIpc) is 2.94. The number of carbonyl (C=O) groups excluding carboxylic acids is 2. The SMILES string of the molecule is CCCOc1cc(C2=NN(Cc3ccc(NC(=O)OCCCN(CC)CC)cc3)C(=O)SC2)ccc1OC. The summed E-state index contributed by atoms with van der Waals surface area (Å²) in [6.45, 7) is 10.4. The Hall–Kier alpha value is -3.24. The molecule has 1 N–H and O–H groups in total. The zero-order valence-electron chi connectivity index (χ0n) is 22.7. The molecule has 1 heterocycles. The molecule has 3 rings (SSSR count). The number of hydrogen-bond acceptors (Lipinski definition) is 8. The van der Waals surface area contributed by atoms with Gasteiger partial charge in [-0.15, -0.1) is 0 Å². The molecule has 0 saturated heterocycles. The number of anilines is 1. The molecule has 0 spiro atoms. The highest BCUT2D eigenvalue weighted by atomic mass is 32.2. The van der Waals surface area contributed by atoms with Gasteiger partial charge in [-0.3, -0.25) is 10.1 Å². The number of rotatable bonds is 14. The molecule has 0 atom stereocenters. The Morgan fingerprint density at radius 1 is 1.08 bits per heavy atom. The normalized spacial score (nSPS) is 13.3. The topological polar surface area (TPSA) is 92.7 Å². The molecule has 2 aromatic rings. The molecule has 1 aliphatic heterocycles. The van der Waals surface area contributed by atoms with Crippen LogP contribution in [0.2, 0.25) is 0 Å². The summed E-state index contributed by atoms with van der Waals surface area (Å²) >= 11 is 1.22. The summed E-state index contributed by atoms with van der Waals surface area (Å²) in [4.78, 5) is 26.9. The van der Waals surface area contributed by atoms with Gasteiger partial charge in [-0.05, 0) is 61.8 Å². The van der Waals surface area contributed by atoms with Crippen LogP contribution in [-0.2, 0) is 11.3 Å². The third-order valence-electron chi connectivity index (χ3n) is 6.02. The predicted octanol–water partition coefficient (Wildman–Crippen LogP) is 5.84. The van der Waals surface area contributed by atoms with Crippen LogP contribution < -0.4 is 14.8 Å². The van der Waals surface area contributed by atoms with Gasteiger partial charge in [-0.2, -0.15) is 5.10 Å². The first-order valence-corrected chi connectivity index (χ1v) is 14.0. The van der Waals surface area contributed by atoms with Gasteiger partial charge in [-0.1, -0.05) is 44.7 Å². The summed E-state index contributed by atoms with van der Waals surface area (Å²) in [5.74, 6) is 1.80. The lowest BCUT2D eigenvalue weighted by molar-refractivity contribution is 0.153. The highest BCUT2D eigenvalue weighted by molar-refractivity contribution is 8.14. The van der Waals surface area contributed by atoms with Crippen molar-refractivity contribution in [3.8, 4) is 11.5 Å². The molecule has 1 aliphatic rings. The lowest BCUT2D eigenvalue weighted by Crippen LogP contribution is -2.29.